The minimum Gasteiger partial charge on any atom is -0.508 e. The summed E-state index contributed by atoms with van der Waals surface area (Å²) in [4.78, 5) is 24.5. The van der Waals surface area contributed by atoms with E-state index in [-0.39, 0.29) is 33.9 Å². The third kappa shape index (κ3) is 5.46. The number of hydrogen-bond donors (Lipinski definition) is 9. The highest BCUT2D eigenvalue weighted by molar-refractivity contribution is 7.99. The lowest BCUT2D eigenvalue weighted by atomic mass is 9.93. The molecule has 1 heterocycles. The van der Waals surface area contributed by atoms with Gasteiger partial charge in [0, 0.05) is 23.4 Å². The molecule has 0 spiro atoms. The Labute approximate surface area is 223 Å². The molecule has 3 aromatic carbocycles. The number of benzene rings is 3. The van der Waals surface area contributed by atoms with E-state index >= 15 is 0 Å². The third-order valence-corrected chi connectivity index (χ3v) is 7.30. The summed E-state index contributed by atoms with van der Waals surface area (Å²) in [6.07, 6.45) is -2.64. The van der Waals surface area contributed by atoms with Gasteiger partial charge in [0.05, 0.1) is 16.4 Å². The molecule has 0 radical (unpaired) electrons. The van der Waals surface area contributed by atoms with E-state index in [1.807, 2.05) is 0 Å². The number of rotatable bonds is 7. The lowest BCUT2D eigenvalue weighted by Crippen LogP contribution is -2.39. The molecular weight excluding hydrogens is 538 g/mol. The Morgan fingerprint density at radius 2 is 1.56 bits per heavy atom. The normalized spacial score (nSPS) is 18.9. The molecule has 0 saturated carbocycles. The summed E-state index contributed by atoms with van der Waals surface area (Å²) in [6, 6.07) is 6.17. The number of carbonyl (C=O) groups is 2. The van der Waals surface area contributed by atoms with Crippen molar-refractivity contribution in [3.05, 3.63) is 59.2 Å². The molecule has 0 saturated heterocycles. The molecule has 1 aliphatic heterocycles. The van der Waals surface area contributed by atoms with Crippen molar-refractivity contribution < 1.29 is 59.9 Å². The van der Waals surface area contributed by atoms with E-state index in [2.05, 4.69) is 0 Å². The molecule has 0 amide bonds. The Morgan fingerprint density at radius 1 is 0.897 bits per heavy atom. The number of esters is 1. The number of fused-ring (bicyclic) bond motifs is 1. The first kappa shape index (κ1) is 27.3. The third-order valence-electron chi connectivity index (χ3n) is 5.89. The summed E-state index contributed by atoms with van der Waals surface area (Å²) < 4.78 is 11.7. The van der Waals surface area contributed by atoms with Crippen LogP contribution in [0.1, 0.15) is 32.8 Å². The lowest BCUT2D eigenvalue weighted by Gasteiger charge is -2.39. The SMILES string of the molecule is N[C@@H](CS[C@@H]1c2c(O)cc(O)cc2O[C@H](c2ccc(O)c(O)c2)[C@H]1OC(=O)c1cc(O)c(O)c(O)c1)C(=O)O. The van der Waals surface area contributed by atoms with E-state index in [4.69, 9.17) is 15.2 Å². The Balaban J connectivity index is 1.84. The van der Waals surface area contributed by atoms with Crippen LogP contribution in [0.3, 0.4) is 0 Å². The summed E-state index contributed by atoms with van der Waals surface area (Å²) >= 11 is 0.901. The largest absolute Gasteiger partial charge is 0.508 e. The topological polar surface area (TPSA) is 240 Å². The fourth-order valence-corrected chi connectivity index (χ4v) is 5.33. The van der Waals surface area contributed by atoms with Gasteiger partial charge in [0.25, 0.3) is 0 Å². The zero-order chi connectivity index (χ0) is 28.6. The van der Waals surface area contributed by atoms with Gasteiger partial charge in [-0.3, -0.25) is 4.79 Å². The lowest BCUT2D eigenvalue weighted by molar-refractivity contribution is -0.137. The molecule has 0 unspecified atom stereocenters. The van der Waals surface area contributed by atoms with Crippen molar-refractivity contribution in [2.24, 2.45) is 5.73 Å². The molecule has 0 bridgehead atoms. The summed E-state index contributed by atoms with van der Waals surface area (Å²) in [5.74, 6) is -6.97. The maximum atomic E-state index is 13.2. The molecule has 0 aliphatic carbocycles. The number of carboxylic acid groups (broad SMARTS) is 1. The van der Waals surface area contributed by atoms with Crippen molar-refractivity contribution in [2.45, 2.75) is 23.5 Å². The highest BCUT2D eigenvalue weighted by Crippen LogP contribution is 2.54. The fraction of sp³-hybridized carbons (Fsp3) is 0.200. The molecule has 39 heavy (non-hydrogen) atoms. The summed E-state index contributed by atoms with van der Waals surface area (Å²) in [5.41, 5.74) is 5.53. The Hall–Kier alpha value is -4.69. The summed E-state index contributed by atoms with van der Waals surface area (Å²) in [7, 11) is 0. The number of aliphatic carboxylic acids is 1. The van der Waals surface area contributed by atoms with Crippen LogP contribution < -0.4 is 10.5 Å². The van der Waals surface area contributed by atoms with Crippen LogP contribution in [0.5, 0.6) is 46.0 Å². The zero-order valence-corrected chi connectivity index (χ0v) is 20.6. The van der Waals surface area contributed by atoms with Gasteiger partial charge in [0.1, 0.15) is 23.3 Å². The van der Waals surface area contributed by atoms with Gasteiger partial charge in [-0.15, -0.1) is 11.8 Å². The summed E-state index contributed by atoms with van der Waals surface area (Å²) in [6.45, 7) is 0. The van der Waals surface area contributed by atoms with Gasteiger partial charge in [0.2, 0.25) is 0 Å². The number of carboxylic acids is 1. The number of ether oxygens (including phenoxy) is 2. The molecule has 3 aromatic rings. The van der Waals surface area contributed by atoms with Gasteiger partial charge < -0.3 is 56.1 Å². The molecule has 206 valence electrons. The van der Waals surface area contributed by atoms with Crippen molar-refractivity contribution in [1.82, 2.24) is 0 Å². The molecule has 13 nitrogen and oxygen atoms in total. The van der Waals surface area contributed by atoms with Crippen LogP contribution >= 0.6 is 11.8 Å². The molecule has 10 N–H and O–H groups in total. The van der Waals surface area contributed by atoms with Gasteiger partial charge >= 0.3 is 11.9 Å². The van der Waals surface area contributed by atoms with Crippen LogP contribution in [0.25, 0.3) is 0 Å². The standard InChI is InChI=1S/C25H23NO12S/c26-12(24(34)35)8-39-23-19-15(30)6-11(27)7-18(19)37-21(9-1-2-13(28)14(29)3-9)22(23)38-25(36)10-4-16(31)20(33)17(32)5-10/h1-7,12,21-23,27-33H,8,26H2,(H,34,35)/t12-,21+,22+,23+/m0/s1. The number of phenols is 7. The highest BCUT2D eigenvalue weighted by atomic mass is 32.2. The first-order valence-corrected chi connectivity index (χ1v) is 12.2. The molecule has 4 rings (SSSR count). The average Bonchev–Trinajstić information content (AvgIpc) is 2.87. The van der Waals surface area contributed by atoms with Crippen LogP contribution in [-0.2, 0) is 9.53 Å². The van der Waals surface area contributed by atoms with Gasteiger partial charge in [-0.05, 0) is 24.3 Å². The van der Waals surface area contributed by atoms with Gasteiger partial charge in [-0.25, -0.2) is 4.79 Å². The van der Waals surface area contributed by atoms with Crippen LogP contribution in [0.15, 0.2) is 42.5 Å². The van der Waals surface area contributed by atoms with E-state index in [0.29, 0.717) is 0 Å². The molecule has 14 heteroatoms. The Morgan fingerprint density at radius 3 is 2.18 bits per heavy atom. The quantitative estimate of drug-likeness (QED) is 0.148. The van der Waals surface area contributed by atoms with E-state index in [1.165, 1.54) is 12.1 Å². The second-order valence-electron chi connectivity index (χ2n) is 8.60. The predicted octanol–water partition coefficient (Wildman–Crippen LogP) is 2.17. The van der Waals surface area contributed by atoms with Crippen LogP contribution in [0.2, 0.25) is 0 Å². The van der Waals surface area contributed by atoms with Crippen molar-refractivity contribution in [3.63, 3.8) is 0 Å². The number of phenolic OH excluding ortho intramolecular Hbond substituents is 7. The first-order chi connectivity index (χ1) is 18.4. The van der Waals surface area contributed by atoms with Gasteiger partial charge in [-0.2, -0.15) is 0 Å². The highest BCUT2D eigenvalue weighted by Gasteiger charge is 2.45. The van der Waals surface area contributed by atoms with Crippen molar-refractivity contribution in [2.75, 3.05) is 5.75 Å². The van der Waals surface area contributed by atoms with Gasteiger partial charge in [-0.1, -0.05) is 6.07 Å². The maximum absolute atomic E-state index is 13.2. The van der Waals surface area contributed by atoms with E-state index in [0.717, 1.165) is 42.1 Å². The van der Waals surface area contributed by atoms with E-state index in [9.17, 15) is 50.4 Å². The number of hydrogen-bond acceptors (Lipinski definition) is 13. The van der Waals surface area contributed by atoms with Crippen LogP contribution in [0.4, 0.5) is 0 Å². The maximum Gasteiger partial charge on any atom is 0.338 e. The average molecular weight is 562 g/mol. The van der Waals surface area contributed by atoms with Crippen LogP contribution in [-0.4, -0.2) is 70.7 Å². The van der Waals surface area contributed by atoms with Crippen molar-refractivity contribution in [1.29, 1.82) is 0 Å². The monoisotopic (exact) mass is 561 g/mol. The van der Waals surface area contributed by atoms with Gasteiger partial charge in [0.15, 0.2) is 41.0 Å². The molecule has 1 aliphatic rings. The van der Waals surface area contributed by atoms with E-state index < -0.39 is 69.9 Å². The van der Waals surface area contributed by atoms with Crippen molar-refractivity contribution >= 4 is 23.7 Å². The second-order valence-corrected chi connectivity index (χ2v) is 9.77. The molecule has 0 aromatic heterocycles. The van der Waals surface area contributed by atoms with Crippen molar-refractivity contribution in [3.8, 4) is 46.0 Å². The van der Waals surface area contributed by atoms with E-state index in [1.54, 1.807) is 0 Å². The minimum absolute atomic E-state index is 0.0429. The minimum atomic E-state index is -1.38. The molecule has 0 fully saturated rings. The smallest absolute Gasteiger partial charge is 0.338 e. The number of nitrogens with two attached hydrogens (primary N) is 1. The number of carbonyl (C=O) groups excluding carboxylic acids is 1. The predicted molar refractivity (Wildman–Crippen MR) is 134 cm³/mol. The fourth-order valence-electron chi connectivity index (χ4n) is 3.98. The number of aromatic hydroxyl groups is 7. The molecular formula is C25H23NO12S. The second kappa shape index (κ2) is 10.6. The first-order valence-electron chi connectivity index (χ1n) is 11.2. The zero-order valence-electron chi connectivity index (χ0n) is 19.8. The van der Waals surface area contributed by atoms with Crippen LogP contribution in [0, 0.1) is 0 Å². The Kier molecular flexibility index (Phi) is 7.42. The Bertz CT molecular complexity index is 1420. The summed E-state index contributed by atoms with van der Waals surface area (Å²) in [5, 5.41) is 78.1. The number of thioether (sulfide) groups is 1. The molecule has 4 atom stereocenters.